The first kappa shape index (κ1) is 15.7. The summed E-state index contributed by atoms with van der Waals surface area (Å²) in [5.41, 5.74) is 0.986. The number of carboxylic acids is 2. The van der Waals surface area contributed by atoms with Gasteiger partial charge in [-0.2, -0.15) is 0 Å². The summed E-state index contributed by atoms with van der Waals surface area (Å²) >= 11 is 0. The van der Waals surface area contributed by atoms with Gasteiger partial charge < -0.3 is 14.9 Å². The summed E-state index contributed by atoms with van der Waals surface area (Å²) in [5, 5.41) is 17.7. The van der Waals surface area contributed by atoms with Gasteiger partial charge in [-0.05, 0) is 31.6 Å². The summed E-state index contributed by atoms with van der Waals surface area (Å²) < 4.78 is 5.43. The molecule has 2 N–H and O–H groups in total. The summed E-state index contributed by atoms with van der Waals surface area (Å²) in [7, 11) is 0. The largest absolute Gasteiger partial charge is 0.479 e. The van der Waals surface area contributed by atoms with Gasteiger partial charge in [0.1, 0.15) is 11.4 Å². The normalized spacial score (nSPS) is 12.3. The average Bonchev–Trinajstić information content (AvgIpc) is 2.37. The second-order valence-electron chi connectivity index (χ2n) is 4.24. The Kier molecular flexibility index (Phi) is 5.71. The maximum absolute atomic E-state index is 11.1. The van der Waals surface area contributed by atoms with Crippen LogP contribution in [-0.4, -0.2) is 33.2 Å². The van der Waals surface area contributed by atoms with Crippen molar-refractivity contribution in [1.29, 1.82) is 0 Å². The van der Waals surface area contributed by atoms with Crippen LogP contribution >= 0.6 is 0 Å². The van der Waals surface area contributed by atoms with Crippen LogP contribution in [0.3, 0.4) is 0 Å². The molecule has 0 amide bonds. The van der Waals surface area contributed by atoms with Crippen LogP contribution in [0.5, 0.6) is 5.75 Å². The van der Waals surface area contributed by atoms with Crippen molar-refractivity contribution in [1.82, 2.24) is 4.98 Å². The van der Waals surface area contributed by atoms with E-state index < -0.39 is 18.0 Å². The molecule has 0 saturated heterocycles. The van der Waals surface area contributed by atoms with Gasteiger partial charge in [-0.3, -0.25) is 0 Å². The molecule has 0 aliphatic rings. The molecule has 1 heterocycles. The third-order valence-electron chi connectivity index (χ3n) is 2.50. The third-order valence-corrected chi connectivity index (χ3v) is 2.50. The number of aromatic nitrogens is 1. The highest BCUT2D eigenvalue weighted by Gasteiger charge is 2.19. The van der Waals surface area contributed by atoms with E-state index in [9.17, 15) is 9.59 Å². The summed E-state index contributed by atoms with van der Waals surface area (Å²) in [6.45, 7) is 3.61. The Hall–Kier alpha value is -2.37. The van der Waals surface area contributed by atoms with Crippen molar-refractivity contribution in [3.63, 3.8) is 0 Å². The molecule has 1 aromatic heterocycles. The minimum atomic E-state index is -1.11. The van der Waals surface area contributed by atoms with Crippen molar-refractivity contribution >= 4 is 18.0 Å². The lowest BCUT2D eigenvalue weighted by atomic mass is 10.2. The molecule has 0 aliphatic carbocycles. The monoisotopic (exact) mass is 279 g/mol. The van der Waals surface area contributed by atoms with Gasteiger partial charge >= 0.3 is 11.9 Å². The number of carbonyl (C=O) groups is 2. The van der Waals surface area contributed by atoms with E-state index in [0.717, 1.165) is 6.08 Å². The summed E-state index contributed by atoms with van der Waals surface area (Å²) in [6, 6.07) is 3.27. The standard InChI is InChI=1S/C14H17NO5/c1-3-4-12(14(18)19)20-11-7-5-9(2)15-10(11)6-8-13(16)17/h5-8,12H,3-4H2,1-2H3,(H,16,17)(H,18,19)/b8-6+. The maximum Gasteiger partial charge on any atom is 0.344 e. The lowest BCUT2D eigenvalue weighted by molar-refractivity contribution is -0.145. The highest BCUT2D eigenvalue weighted by atomic mass is 16.5. The fraction of sp³-hybridized carbons (Fsp3) is 0.357. The molecule has 1 unspecified atom stereocenters. The zero-order valence-corrected chi connectivity index (χ0v) is 11.4. The highest BCUT2D eigenvalue weighted by molar-refractivity contribution is 5.85. The fourth-order valence-corrected chi connectivity index (χ4v) is 1.58. The first-order chi connectivity index (χ1) is 9.43. The smallest absolute Gasteiger partial charge is 0.344 e. The van der Waals surface area contributed by atoms with Gasteiger partial charge in [0.2, 0.25) is 0 Å². The van der Waals surface area contributed by atoms with Crippen molar-refractivity contribution in [2.75, 3.05) is 0 Å². The number of carboxylic acid groups (broad SMARTS) is 2. The van der Waals surface area contributed by atoms with Crippen molar-refractivity contribution in [2.45, 2.75) is 32.8 Å². The number of aryl methyl sites for hydroxylation is 1. The van der Waals surface area contributed by atoms with Gasteiger partial charge in [0.15, 0.2) is 6.10 Å². The Morgan fingerprint density at radius 2 is 2.10 bits per heavy atom. The van der Waals surface area contributed by atoms with E-state index in [1.165, 1.54) is 6.08 Å². The number of hydrogen-bond donors (Lipinski definition) is 2. The Morgan fingerprint density at radius 1 is 1.40 bits per heavy atom. The molecule has 1 aromatic rings. The van der Waals surface area contributed by atoms with Crippen LogP contribution in [0.4, 0.5) is 0 Å². The van der Waals surface area contributed by atoms with Crippen LogP contribution in [0.25, 0.3) is 6.08 Å². The van der Waals surface area contributed by atoms with Crippen LogP contribution in [0.15, 0.2) is 18.2 Å². The average molecular weight is 279 g/mol. The van der Waals surface area contributed by atoms with Crippen LogP contribution in [0, 0.1) is 6.92 Å². The number of hydrogen-bond acceptors (Lipinski definition) is 4. The van der Waals surface area contributed by atoms with E-state index in [1.807, 2.05) is 6.92 Å². The van der Waals surface area contributed by atoms with Crippen LogP contribution < -0.4 is 4.74 Å². The SMILES string of the molecule is CCCC(Oc1ccc(C)nc1/C=C/C(=O)O)C(=O)O. The molecular weight excluding hydrogens is 262 g/mol. The van der Waals surface area contributed by atoms with Gasteiger partial charge in [0, 0.05) is 11.8 Å². The van der Waals surface area contributed by atoms with Crippen LogP contribution in [0.1, 0.15) is 31.2 Å². The highest BCUT2D eigenvalue weighted by Crippen LogP contribution is 2.21. The predicted octanol–water partition coefficient (Wildman–Crippen LogP) is 2.12. The van der Waals surface area contributed by atoms with Crippen LogP contribution in [-0.2, 0) is 9.59 Å². The molecule has 20 heavy (non-hydrogen) atoms. The number of pyridine rings is 1. The zero-order valence-electron chi connectivity index (χ0n) is 11.4. The number of rotatable bonds is 7. The molecule has 0 aliphatic heterocycles. The molecule has 0 spiro atoms. The van der Waals surface area contributed by atoms with Gasteiger partial charge in [0.25, 0.3) is 0 Å². The van der Waals surface area contributed by atoms with Gasteiger partial charge in [-0.25, -0.2) is 14.6 Å². The lowest BCUT2D eigenvalue weighted by Crippen LogP contribution is -2.27. The first-order valence-corrected chi connectivity index (χ1v) is 6.22. The second-order valence-corrected chi connectivity index (χ2v) is 4.24. The molecule has 0 radical (unpaired) electrons. The first-order valence-electron chi connectivity index (χ1n) is 6.22. The molecule has 6 heteroatoms. The molecule has 108 valence electrons. The Bertz CT molecular complexity index is 524. The number of ether oxygens (including phenoxy) is 1. The summed E-state index contributed by atoms with van der Waals surface area (Å²) in [5.74, 6) is -1.91. The van der Waals surface area contributed by atoms with E-state index in [-0.39, 0.29) is 5.75 Å². The van der Waals surface area contributed by atoms with Crippen molar-refractivity contribution in [2.24, 2.45) is 0 Å². The third kappa shape index (κ3) is 4.72. The molecule has 0 saturated carbocycles. The molecule has 1 atom stereocenters. The molecule has 0 aromatic carbocycles. The molecule has 0 bridgehead atoms. The molecule has 6 nitrogen and oxygen atoms in total. The predicted molar refractivity (Wildman–Crippen MR) is 72.6 cm³/mol. The van der Waals surface area contributed by atoms with Crippen molar-refractivity contribution in [3.05, 3.63) is 29.6 Å². The van der Waals surface area contributed by atoms with E-state index in [4.69, 9.17) is 14.9 Å². The minimum absolute atomic E-state index is 0.258. The van der Waals surface area contributed by atoms with E-state index in [1.54, 1.807) is 19.1 Å². The zero-order chi connectivity index (χ0) is 15.1. The number of aliphatic carboxylic acids is 2. The summed E-state index contributed by atoms with van der Waals surface area (Å²) in [6.07, 6.45) is 2.28. The van der Waals surface area contributed by atoms with E-state index in [0.29, 0.717) is 24.2 Å². The van der Waals surface area contributed by atoms with Crippen LogP contribution in [0.2, 0.25) is 0 Å². The maximum atomic E-state index is 11.1. The Labute approximate surface area is 116 Å². The van der Waals surface area contributed by atoms with Crippen molar-refractivity contribution in [3.8, 4) is 5.75 Å². The van der Waals surface area contributed by atoms with E-state index in [2.05, 4.69) is 4.98 Å². The van der Waals surface area contributed by atoms with Crippen molar-refractivity contribution < 1.29 is 24.5 Å². The van der Waals surface area contributed by atoms with Gasteiger partial charge in [-0.1, -0.05) is 13.3 Å². The molecular formula is C14H17NO5. The quantitative estimate of drug-likeness (QED) is 0.742. The second kappa shape index (κ2) is 7.28. The minimum Gasteiger partial charge on any atom is -0.479 e. The summed E-state index contributed by atoms with van der Waals surface area (Å²) in [4.78, 5) is 25.8. The van der Waals surface area contributed by atoms with Gasteiger partial charge in [0.05, 0.1) is 0 Å². The Morgan fingerprint density at radius 3 is 2.65 bits per heavy atom. The lowest BCUT2D eigenvalue weighted by Gasteiger charge is -2.15. The fourth-order valence-electron chi connectivity index (χ4n) is 1.58. The number of nitrogens with zero attached hydrogens (tertiary/aromatic N) is 1. The Balaban J connectivity index is 3.04. The molecule has 0 fully saturated rings. The topological polar surface area (TPSA) is 96.7 Å². The van der Waals surface area contributed by atoms with Gasteiger partial charge in [-0.15, -0.1) is 0 Å². The molecule has 1 rings (SSSR count). The van der Waals surface area contributed by atoms with E-state index >= 15 is 0 Å².